The van der Waals surface area contributed by atoms with Crippen LogP contribution in [0.1, 0.15) is 0 Å². The van der Waals surface area contributed by atoms with Crippen LogP contribution in [0, 0.1) is 6.33 Å². The highest BCUT2D eigenvalue weighted by molar-refractivity contribution is 5.89. The van der Waals surface area contributed by atoms with Crippen molar-refractivity contribution in [1.82, 2.24) is 15.3 Å². The van der Waals surface area contributed by atoms with Gasteiger partial charge in [0.2, 0.25) is 0 Å². The number of rotatable bonds is 1. The molecule has 0 amide bonds. The van der Waals surface area contributed by atoms with E-state index in [9.17, 15) is 0 Å². The normalized spacial score (nSPS) is 16.6. The third kappa shape index (κ3) is 1.61. The van der Waals surface area contributed by atoms with Gasteiger partial charge in [0.25, 0.3) is 0 Å². The predicted octanol–water partition coefficient (Wildman–Crippen LogP) is 0.840. The van der Waals surface area contributed by atoms with Crippen LogP contribution in [0.3, 0.4) is 0 Å². The first-order valence-corrected chi connectivity index (χ1v) is 5.53. The molecule has 4 heteroatoms. The minimum absolute atomic E-state index is 0.964. The molecule has 1 radical (unpaired) electrons. The molecule has 0 unspecified atom stereocenters. The van der Waals surface area contributed by atoms with E-state index in [4.69, 9.17) is 0 Å². The van der Waals surface area contributed by atoms with Gasteiger partial charge >= 0.3 is 0 Å². The van der Waals surface area contributed by atoms with Gasteiger partial charge in [0.05, 0.1) is 5.52 Å². The number of hydrogen-bond donors (Lipinski definition) is 1. The molecule has 0 saturated carbocycles. The highest BCUT2D eigenvalue weighted by Gasteiger charge is 2.14. The van der Waals surface area contributed by atoms with Crippen molar-refractivity contribution in [2.24, 2.45) is 0 Å². The summed E-state index contributed by atoms with van der Waals surface area (Å²) < 4.78 is 0. The topological polar surface area (TPSA) is 41.1 Å². The number of piperazine rings is 1. The molecule has 1 aromatic heterocycles. The maximum Gasteiger partial charge on any atom is 0.200 e. The molecule has 16 heavy (non-hydrogen) atoms. The SMILES string of the molecule is [c]1nc(N2CCNCC2)c2ccccc2n1. The zero-order chi connectivity index (χ0) is 10.8. The van der Waals surface area contributed by atoms with E-state index >= 15 is 0 Å². The van der Waals surface area contributed by atoms with Gasteiger partial charge in [-0.15, -0.1) is 0 Å². The summed E-state index contributed by atoms with van der Waals surface area (Å²) in [6, 6.07) is 8.09. The summed E-state index contributed by atoms with van der Waals surface area (Å²) in [5, 5.41) is 4.45. The van der Waals surface area contributed by atoms with Crippen LogP contribution in [-0.4, -0.2) is 36.1 Å². The molecule has 1 aliphatic rings. The van der Waals surface area contributed by atoms with Crippen molar-refractivity contribution in [3.63, 3.8) is 0 Å². The number of aromatic nitrogens is 2. The van der Waals surface area contributed by atoms with Crippen molar-refractivity contribution >= 4 is 16.7 Å². The van der Waals surface area contributed by atoms with E-state index in [2.05, 4.69) is 32.6 Å². The molecular formula is C12H13N4. The van der Waals surface area contributed by atoms with Gasteiger partial charge in [-0.1, -0.05) is 12.1 Å². The van der Waals surface area contributed by atoms with E-state index in [1.807, 2.05) is 18.2 Å². The van der Waals surface area contributed by atoms with Gasteiger partial charge in [-0.05, 0) is 12.1 Å². The minimum Gasteiger partial charge on any atom is -0.353 e. The lowest BCUT2D eigenvalue weighted by Crippen LogP contribution is -2.44. The smallest absolute Gasteiger partial charge is 0.200 e. The zero-order valence-electron chi connectivity index (χ0n) is 8.98. The molecule has 2 heterocycles. The summed E-state index contributed by atoms with van der Waals surface area (Å²) in [6.07, 6.45) is 2.74. The average molecular weight is 213 g/mol. The van der Waals surface area contributed by atoms with Crippen LogP contribution >= 0.6 is 0 Å². The second kappa shape index (κ2) is 4.06. The van der Waals surface area contributed by atoms with Gasteiger partial charge in [0.1, 0.15) is 5.82 Å². The van der Waals surface area contributed by atoms with Crippen LogP contribution in [0.5, 0.6) is 0 Å². The number of hydrogen-bond acceptors (Lipinski definition) is 4. The van der Waals surface area contributed by atoms with E-state index in [0.717, 1.165) is 42.9 Å². The second-order valence-corrected chi connectivity index (χ2v) is 3.90. The van der Waals surface area contributed by atoms with Crippen LogP contribution in [0.2, 0.25) is 0 Å². The van der Waals surface area contributed by atoms with Crippen LogP contribution in [0.25, 0.3) is 10.9 Å². The number of anilines is 1. The fourth-order valence-corrected chi connectivity index (χ4v) is 2.06. The molecule has 1 N–H and O–H groups in total. The highest BCUT2D eigenvalue weighted by atomic mass is 15.2. The third-order valence-electron chi connectivity index (χ3n) is 2.89. The lowest BCUT2D eigenvalue weighted by molar-refractivity contribution is 0.586. The van der Waals surface area contributed by atoms with Crippen molar-refractivity contribution in [1.29, 1.82) is 0 Å². The quantitative estimate of drug-likeness (QED) is 0.762. The molecule has 1 saturated heterocycles. The largest absolute Gasteiger partial charge is 0.353 e. The first kappa shape index (κ1) is 9.54. The maximum absolute atomic E-state index is 4.29. The van der Waals surface area contributed by atoms with Crippen LogP contribution < -0.4 is 10.2 Å². The first-order valence-electron chi connectivity index (χ1n) is 5.53. The maximum atomic E-state index is 4.29. The summed E-state index contributed by atoms with van der Waals surface area (Å²) in [5.41, 5.74) is 0.964. The Labute approximate surface area is 94.3 Å². The number of benzene rings is 1. The predicted molar refractivity (Wildman–Crippen MR) is 63.5 cm³/mol. The number of nitrogens with zero attached hydrogens (tertiary/aromatic N) is 3. The van der Waals surface area contributed by atoms with Gasteiger partial charge in [-0.3, -0.25) is 0 Å². The summed E-state index contributed by atoms with van der Waals surface area (Å²) in [4.78, 5) is 10.7. The van der Waals surface area contributed by atoms with E-state index in [-0.39, 0.29) is 0 Å². The molecule has 0 bridgehead atoms. The standard InChI is InChI=1S/C12H13N4/c1-2-4-11-10(3-1)12(15-9-14-11)16-7-5-13-6-8-16/h1-4,13H,5-8H2. The van der Waals surface area contributed by atoms with Crippen molar-refractivity contribution < 1.29 is 0 Å². The monoisotopic (exact) mass is 213 g/mol. The van der Waals surface area contributed by atoms with Crippen LogP contribution in [0.4, 0.5) is 5.82 Å². The van der Waals surface area contributed by atoms with Gasteiger partial charge in [-0.25, -0.2) is 9.97 Å². The lowest BCUT2D eigenvalue weighted by atomic mass is 10.2. The molecule has 4 nitrogen and oxygen atoms in total. The van der Waals surface area contributed by atoms with Crippen molar-refractivity contribution in [2.45, 2.75) is 0 Å². The Hall–Kier alpha value is -1.68. The van der Waals surface area contributed by atoms with Gasteiger partial charge < -0.3 is 10.2 Å². The minimum atomic E-state index is 0.964. The zero-order valence-corrected chi connectivity index (χ0v) is 8.98. The Morgan fingerprint density at radius 2 is 1.94 bits per heavy atom. The molecule has 0 spiro atoms. The highest BCUT2D eigenvalue weighted by Crippen LogP contribution is 2.22. The summed E-state index contributed by atoms with van der Waals surface area (Å²) >= 11 is 0. The molecule has 1 fully saturated rings. The fourth-order valence-electron chi connectivity index (χ4n) is 2.06. The Kier molecular flexibility index (Phi) is 2.42. The third-order valence-corrected chi connectivity index (χ3v) is 2.89. The van der Waals surface area contributed by atoms with Crippen LogP contribution in [-0.2, 0) is 0 Å². The van der Waals surface area contributed by atoms with E-state index in [1.165, 1.54) is 0 Å². The summed E-state index contributed by atoms with van der Waals surface area (Å²) in [6.45, 7) is 4.01. The molecular weight excluding hydrogens is 200 g/mol. The van der Waals surface area contributed by atoms with E-state index in [1.54, 1.807) is 0 Å². The summed E-state index contributed by atoms with van der Waals surface area (Å²) in [7, 11) is 0. The van der Waals surface area contributed by atoms with E-state index < -0.39 is 0 Å². The van der Waals surface area contributed by atoms with Crippen molar-refractivity contribution in [3.05, 3.63) is 30.6 Å². The Morgan fingerprint density at radius 3 is 2.81 bits per heavy atom. The van der Waals surface area contributed by atoms with Gasteiger partial charge in [-0.2, -0.15) is 0 Å². The Balaban J connectivity index is 2.08. The molecule has 81 valence electrons. The lowest BCUT2D eigenvalue weighted by Gasteiger charge is -2.28. The van der Waals surface area contributed by atoms with Crippen molar-refractivity contribution in [2.75, 3.05) is 31.1 Å². The number of para-hydroxylation sites is 1. The van der Waals surface area contributed by atoms with E-state index in [0.29, 0.717) is 0 Å². The molecule has 2 aromatic rings. The summed E-state index contributed by atoms with van der Waals surface area (Å²) in [5.74, 6) is 1.01. The molecule has 3 rings (SSSR count). The first-order chi connectivity index (χ1) is 7.95. The molecule has 1 aliphatic heterocycles. The second-order valence-electron chi connectivity index (χ2n) is 3.90. The number of fused-ring (bicyclic) bond motifs is 1. The fraction of sp³-hybridized carbons (Fsp3) is 0.333. The van der Waals surface area contributed by atoms with Crippen molar-refractivity contribution in [3.8, 4) is 0 Å². The molecule has 0 aliphatic carbocycles. The Bertz CT molecular complexity index is 486. The van der Waals surface area contributed by atoms with Gasteiger partial charge in [0, 0.05) is 31.6 Å². The van der Waals surface area contributed by atoms with Crippen LogP contribution in [0.15, 0.2) is 24.3 Å². The Morgan fingerprint density at radius 1 is 1.12 bits per heavy atom. The molecule has 1 aromatic carbocycles. The van der Waals surface area contributed by atoms with Gasteiger partial charge in [0.15, 0.2) is 6.33 Å². The number of nitrogens with one attached hydrogen (secondary N) is 1. The molecule has 0 atom stereocenters. The average Bonchev–Trinajstić information content (AvgIpc) is 2.39.